The van der Waals surface area contributed by atoms with Crippen LogP contribution < -0.4 is 0 Å². The maximum absolute atomic E-state index is 12.9. The van der Waals surface area contributed by atoms with Gasteiger partial charge in [0.25, 0.3) is 0 Å². The van der Waals surface area contributed by atoms with Gasteiger partial charge in [-0.3, -0.25) is 14.4 Å². The van der Waals surface area contributed by atoms with E-state index in [1.807, 2.05) is 0 Å². The fourth-order valence-electron chi connectivity index (χ4n) is 8.65. The summed E-state index contributed by atoms with van der Waals surface area (Å²) in [6, 6.07) is 0. The first-order valence-electron chi connectivity index (χ1n) is 30.4. The van der Waals surface area contributed by atoms with Crippen molar-refractivity contribution in [3.05, 3.63) is 72.9 Å². The second-order valence-electron chi connectivity index (χ2n) is 20.2. The van der Waals surface area contributed by atoms with Crippen LogP contribution in [0, 0.1) is 0 Å². The monoisotopic (exact) mass is 991 g/mol. The normalized spacial score (nSPS) is 12.5. The van der Waals surface area contributed by atoms with Crippen molar-refractivity contribution in [2.75, 3.05) is 13.2 Å². The van der Waals surface area contributed by atoms with Crippen LogP contribution in [0.5, 0.6) is 0 Å². The molecule has 0 aromatic heterocycles. The van der Waals surface area contributed by atoms with Crippen molar-refractivity contribution < 1.29 is 28.6 Å². The highest BCUT2D eigenvalue weighted by Crippen LogP contribution is 2.17. The van der Waals surface area contributed by atoms with Gasteiger partial charge in [-0.05, 0) is 83.5 Å². The Morgan fingerprint density at radius 1 is 0.296 bits per heavy atom. The lowest BCUT2D eigenvalue weighted by atomic mass is 10.0. The van der Waals surface area contributed by atoms with Crippen LogP contribution in [-0.4, -0.2) is 37.2 Å². The quantitative estimate of drug-likeness (QED) is 0.0261. The van der Waals surface area contributed by atoms with Gasteiger partial charge in [0.2, 0.25) is 0 Å². The second kappa shape index (κ2) is 59.4. The van der Waals surface area contributed by atoms with Crippen LogP contribution in [0.15, 0.2) is 72.9 Å². The van der Waals surface area contributed by atoms with Crippen LogP contribution >= 0.6 is 0 Å². The Hall–Kier alpha value is -3.15. The maximum atomic E-state index is 12.9. The Kier molecular flexibility index (Phi) is 56.8. The van der Waals surface area contributed by atoms with E-state index in [1.54, 1.807) is 0 Å². The minimum atomic E-state index is -0.782. The summed E-state index contributed by atoms with van der Waals surface area (Å²) < 4.78 is 16.9. The van der Waals surface area contributed by atoms with Gasteiger partial charge in [0.05, 0.1) is 0 Å². The molecule has 6 heteroatoms. The highest BCUT2D eigenvalue weighted by molar-refractivity contribution is 5.71. The van der Waals surface area contributed by atoms with E-state index in [4.69, 9.17) is 14.2 Å². The lowest BCUT2D eigenvalue weighted by molar-refractivity contribution is -0.167. The van der Waals surface area contributed by atoms with Crippen molar-refractivity contribution >= 4 is 17.9 Å². The van der Waals surface area contributed by atoms with E-state index in [1.165, 1.54) is 154 Å². The van der Waals surface area contributed by atoms with Crippen LogP contribution in [0.3, 0.4) is 0 Å². The first kappa shape index (κ1) is 67.8. The molecule has 0 saturated carbocycles. The fourth-order valence-corrected chi connectivity index (χ4v) is 8.65. The molecule has 0 aromatic carbocycles. The van der Waals surface area contributed by atoms with Gasteiger partial charge in [-0.1, -0.05) is 273 Å². The number of unbranched alkanes of at least 4 members (excludes halogenated alkanes) is 32. The standard InChI is InChI=1S/C65H114O6/c1-4-7-10-13-16-19-22-24-26-28-30-32-33-34-36-37-39-41-43-46-49-52-55-58-64(67)70-61-62(60-69-63(66)57-54-51-48-45-21-18-15-12-9-6-3)71-65(68)59-56-53-50-47-44-42-40-38-35-31-29-27-25-23-20-17-14-11-8-5-2/h7,10,12,15-16,19,24,26,30,32,34,36,62H,4-6,8-9,11,13-14,17-18,20-23,25,27-29,31,33,35,37-61H2,1-3H3/b10-7-,15-12-,19-16-,26-24-,32-30-,36-34-. The predicted molar refractivity (Wildman–Crippen MR) is 307 cm³/mol. The van der Waals surface area contributed by atoms with Crippen molar-refractivity contribution in [3.8, 4) is 0 Å². The molecule has 0 amide bonds. The van der Waals surface area contributed by atoms with Crippen molar-refractivity contribution in [1.82, 2.24) is 0 Å². The molecule has 71 heavy (non-hydrogen) atoms. The third kappa shape index (κ3) is 57.6. The van der Waals surface area contributed by atoms with E-state index >= 15 is 0 Å². The van der Waals surface area contributed by atoms with Gasteiger partial charge in [0, 0.05) is 19.3 Å². The van der Waals surface area contributed by atoms with E-state index in [0.29, 0.717) is 19.3 Å². The Balaban J connectivity index is 4.28. The number of carbonyl (C=O) groups excluding carboxylic acids is 3. The molecule has 6 nitrogen and oxygen atoms in total. The third-order valence-corrected chi connectivity index (χ3v) is 13.2. The van der Waals surface area contributed by atoms with Crippen LogP contribution in [0.4, 0.5) is 0 Å². The Bertz CT molecular complexity index is 1320. The Morgan fingerprint density at radius 3 is 0.930 bits per heavy atom. The zero-order chi connectivity index (χ0) is 51.4. The number of ether oxygens (including phenoxy) is 3. The molecule has 0 aliphatic heterocycles. The molecule has 0 N–H and O–H groups in total. The molecule has 0 rings (SSSR count). The molecule has 0 spiro atoms. The number of rotatable bonds is 55. The number of esters is 3. The number of hydrogen-bond donors (Lipinski definition) is 0. The summed E-state index contributed by atoms with van der Waals surface area (Å²) in [5.74, 6) is -0.889. The summed E-state index contributed by atoms with van der Waals surface area (Å²) in [4.78, 5) is 38.2. The molecule has 410 valence electrons. The van der Waals surface area contributed by atoms with Crippen molar-refractivity contribution in [2.45, 2.75) is 309 Å². The topological polar surface area (TPSA) is 78.9 Å². The molecule has 0 bridgehead atoms. The largest absolute Gasteiger partial charge is 0.462 e. The molecule has 0 heterocycles. The summed E-state index contributed by atoms with van der Waals surface area (Å²) in [6.07, 6.45) is 76.2. The van der Waals surface area contributed by atoms with Gasteiger partial charge < -0.3 is 14.2 Å². The summed E-state index contributed by atoms with van der Waals surface area (Å²) in [5.41, 5.74) is 0. The molecule has 0 aliphatic carbocycles. The van der Waals surface area contributed by atoms with Crippen LogP contribution in [0.25, 0.3) is 0 Å². The average Bonchev–Trinajstić information content (AvgIpc) is 3.37. The van der Waals surface area contributed by atoms with Gasteiger partial charge in [0.15, 0.2) is 6.10 Å². The summed E-state index contributed by atoms with van der Waals surface area (Å²) >= 11 is 0. The van der Waals surface area contributed by atoms with E-state index in [0.717, 1.165) is 109 Å². The lowest BCUT2D eigenvalue weighted by Gasteiger charge is -2.18. The summed E-state index contributed by atoms with van der Waals surface area (Å²) in [6.45, 7) is 6.48. The van der Waals surface area contributed by atoms with Crippen molar-refractivity contribution in [3.63, 3.8) is 0 Å². The minimum Gasteiger partial charge on any atom is -0.462 e. The zero-order valence-electron chi connectivity index (χ0n) is 47.0. The highest BCUT2D eigenvalue weighted by atomic mass is 16.6. The molecule has 1 atom stereocenters. The van der Waals surface area contributed by atoms with Crippen molar-refractivity contribution in [1.29, 1.82) is 0 Å². The molecular formula is C65H114O6. The molecule has 0 fully saturated rings. The molecule has 0 aliphatic rings. The van der Waals surface area contributed by atoms with E-state index < -0.39 is 6.10 Å². The Morgan fingerprint density at radius 2 is 0.577 bits per heavy atom. The van der Waals surface area contributed by atoms with E-state index in [2.05, 4.69) is 93.7 Å². The maximum Gasteiger partial charge on any atom is 0.306 e. The second-order valence-corrected chi connectivity index (χ2v) is 20.2. The fraction of sp³-hybridized carbons (Fsp3) is 0.769. The number of hydrogen-bond acceptors (Lipinski definition) is 6. The minimum absolute atomic E-state index is 0.0811. The molecule has 1 unspecified atom stereocenters. The Labute approximate surface area is 440 Å². The smallest absolute Gasteiger partial charge is 0.306 e. The zero-order valence-corrected chi connectivity index (χ0v) is 47.0. The van der Waals surface area contributed by atoms with Gasteiger partial charge >= 0.3 is 17.9 Å². The lowest BCUT2D eigenvalue weighted by Crippen LogP contribution is -2.30. The van der Waals surface area contributed by atoms with Crippen LogP contribution in [0.1, 0.15) is 303 Å². The predicted octanol–water partition coefficient (Wildman–Crippen LogP) is 20.5. The molecule has 0 radical (unpaired) electrons. The van der Waals surface area contributed by atoms with E-state index in [-0.39, 0.29) is 31.1 Å². The van der Waals surface area contributed by atoms with Gasteiger partial charge in [-0.2, -0.15) is 0 Å². The van der Waals surface area contributed by atoms with Crippen LogP contribution in [0.2, 0.25) is 0 Å². The molecule has 0 aromatic rings. The van der Waals surface area contributed by atoms with Crippen molar-refractivity contribution in [2.24, 2.45) is 0 Å². The first-order valence-corrected chi connectivity index (χ1v) is 30.4. The first-order chi connectivity index (χ1) is 35.0. The summed E-state index contributed by atoms with van der Waals surface area (Å²) in [5, 5.41) is 0. The van der Waals surface area contributed by atoms with Gasteiger partial charge in [-0.15, -0.1) is 0 Å². The number of allylic oxidation sites excluding steroid dienone is 12. The van der Waals surface area contributed by atoms with E-state index in [9.17, 15) is 14.4 Å². The average molecular weight is 992 g/mol. The summed E-state index contributed by atoms with van der Waals surface area (Å²) in [7, 11) is 0. The number of carbonyl (C=O) groups is 3. The SMILES string of the molecule is CC/C=C\C/C=C\C/C=C\C/C=C\C/C=C\CCCCCCCCCC(=O)OCC(COC(=O)CCCCCCC/C=C\CCC)OC(=O)CCCCCCCCCCCCCCCCCCCCCC. The van der Waals surface area contributed by atoms with Crippen LogP contribution in [-0.2, 0) is 28.6 Å². The molecule has 0 saturated heterocycles. The van der Waals surface area contributed by atoms with Gasteiger partial charge in [-0.25, -0.2) is 0 Å². The third-order valence-electron chi connectivity index (χ3n) is 13.2. The van der Waals surface area contributed by atoms with Gasteiger partial charge in [0.1, 0.15) is 13.2 Å². The highest BCUT2D eigenvalue weighted by Gasteiger charge is 2.19. The molecular weight excluding hydrogens is 877 g/mol.